The van der Waals surface area contributed by atoms with Crippen LogP contribution in [-0.4, -0.2) is 22.6 Å². The lowest BCUT2D eigenvalue weighted by atomic mass is 9.98. The summed E-state index contributed by atoms with van der Waals surface area (Å²) in [4.78, 5) is 19.6. The van der Waals surface area contributed by atoms with Gasteiger partial charge in [-0.15, -0.1) is 0 Å². The smallest absolute Gasteiger partial charge is 0.293 e. The summed E-state index contributed by atoms with van der Waals surface area (Å²) in [6.45, 7) is 5.75. The summed E-state index contributed by atoms with van der Waals surface area (Å²) in [5.74, 6) is 0.382. The monoisotopic (exact) mass is 428 g/mol. The number of aromatic nitrogens is 2. The molecule has 0 atom stereocenters. The van der Waals surface area contributed by atoms with E-state index in [1.165, 1.54) is 5.56 Å². The molecular formula is C25H28N6O. The van der Waals surface area contributed by atoms with Crippen LogP contribution in [-0.2, 0) is 7.05 Å². The summed E-state index contributed by atoms with van der Waals surface area (Å²) in [5.41, 5.74) is 12.5. The minimum atomic E-state index is -0.208. The number of nitriles is 1. The van der Waals surface area contributed by atoms with Crippen LogP contribution in [0.15, 0.2) is 47.4 Å². The first-order valence-corrected chi connectivity index (χ1v) is 10.8. The maximum Gasteiger partial charge on any atom is 0.293 e. The fourth-order valence-corrected chi connectivity index (χ4v) is 4.15. The van der Waals surface area contributed by atoms with Crippen LogP contribution in [0, 0.1) is 31.1 Å². The standard InChI is InChI=1S/C25H28N6O/c1-16-5-4-6-20(17(16)2)22-15-30(3)25(32)24(29-22)28-19-7-8-23(21(27)13-19)31-11-9-18(14-26)10-12-31/h4-8,13,15,18H,9-12,27H2,1-3H3,(H,28,29). The van der Waals surface area contributed by atoms with Gasteiger partial charge in [-0.2, -0.15) is 5.26 Å². The number of nitrogens with two attached hydrogens (primary N) is 1. The van der Waals surface area contributed by atoms with Crippen molar-refractivity contribution in [3.63, 3.8) is 0 Å². The van der Waals surface area contributed by atoms with E-state index in [0.29, 0.717) is 11.4 Å². The molecular weight excluding hydrogens is 400 g/mol. The van der Waals surface area contributed by atoms with Gasteiger partial charge in [0.05, 0.1) is 23.1 Å². The second kappa shape index (κ2) is 8.75. The number of nitrogens with one attached hydrogen (secondary N) is 1. The van der Waals surface area contributed by atoms with Crippen LogP contribution in [0.4, 0.5) is 22.9 Å². The van der Waals surface area contributed by atoms with E-state index in [4.69, 9.17) is 11.0 Å². The number of piperidine rings is 1. The van der Waals surface area contributed by atoms with Crippen molar-refractivity contribution in [3.05, 3.63) is 64.1 Å². The molecule has 0 amide bonds. The first-order chi connectivity index (χ1) is 15.4. The van der Waals surface area contributed by atoms with Gasteiger partial charge >= 0.3 is 0 Å². The highest BCUT2D eigenvalue weighted by Gasteiger charge is 2.20. The molecule has 0 spiro atoms. The van der Waals surface area contributed by atoms with Gasteiger partial charge in [-0.25, -0.2) is 4.98 Å². The average Bonchev–Trinajstić information content (AvgIpc) is 2.79. The summed E-state index contributed by atoms with van der Waals surface area (Å²) in [6, 6.07) is 14.1. The van der Waals surface area contributed by atoms with Gasteiger partial charge in [0.15, 0.2) is 5.82 Å². The number of rotatable bonds is 4. The number of nitrogens with zero attached hydrogens (tertiary/aromatic N) is 4. The lowest BCUT2D eigenvalue weighted by molar-refractivity contribution is 0.488. The van der Waals surface area contributed by atoms with E-state index in [2.05, 4.69) is 41.2 Å². The van der Waals surface area contributed by atoms with Crippen molar-refractivity contribution >= 4 is 22.9 Å². The Hall–Kier alpha value is -3.79. The largest absolute Gasteiger partial charge is 0.397 e. The summed E-state index contributed by atoms with van der Waals surface area (Å²) in [7, 11) is 1.73. The van der Waals surface area contributed by atoms with E-state index in [1.54, 1.807) is 17.8 Å². The van der Waals surface area contributed by atoms with Gasteiger partial charge in [-0.1, -0.05) is 18.2 Å². The first kappa shape index (κ1) is 21.4. The average molecular weight is 429 g/mol. The quantitative estimate of drug-likeness (QED) is 0.606. The molecule has 0 aliphatic carbocycles. The molecule has 7 heteroatoms. The molecule has 0 saturated carbocycles. The molecule has 1 aliphatic rings. The maximum atomic E-state index is 12.7. The molecule has 2 heterocycles. The number of benzene rings is 2. The fraction of sp³-hybridized carbons (Fsp3) is 0.320. The zero-order valence-corrected chi connectivity index (χ0v) is 18.7. The second-order valence-electron chi connectivity index (χ2n) is 8.43. The van der Waals surface area contributed by atoms with Crippen molar-refractivity contribution in [3.8, 4) is 17.3 Å². The van der Waals surface area contributed by atoms with Crippen molar-refractivity contribution in [2.75, 3.05) is 29.0 Å². The summed E-state index contributed by atoms with van der Waals surface area (Å²) < 4.78 is 1.55. The first-order valence-electron chi connectivity index (χ1n) is 10.8. The summed E-state index contributed by atoms with van der Waals surface area (Å²) >= 11 is 0. The second-order valence-corrected chi connectivity index (χ2v) is 8.43. The number of nitrogen functional groups attached to an aromatic ring is 1. The molecule has 32 heavy (non-hydrogen) atoms. The van der Waals surface area contributed by atoms with E-state index < -0.39 is 0 Å². The predicted molar refractivity (Wildman–Crippen MR) is 129 cm³/mol. The van der Waals surface area contributed by atoms with Crippen LogP contribution in [0.2, 0.25) is 0 Å². The Labute approximate surface area is 188 Å². The third kappa shape index (κ3) is 4.17. The highest BCUT2D eigenvalue weighted by molar-refractivity contribution is 5.75. The van der Waals surface area contributed by atoms with Crippen molar-refractivity contribution in [1.82, 2.24) is 9.55 Å². The number of hydrogen-bond donors (Lipinski definition) is 2. The zero-order chi connectivity index (χ0) is 22.8. The van der Waals surface area contributed by atoms with Crippen LogP contribution in [0.25, 0.3) is 11.3 Å². The summed E-state index contributed by atoms with van der Waals surface area (Å²) in [6.07, 6.45) is 3.46. The SMILES string of the molecule is Cc1cccc(-c2cn(C)c(=O)c(Nc3ccc(N4CCC(C#N)CC4)c(N)c3)n2)c1C. The Balaban J connectivity index is 1.61. The van der Waals surface area contributed by atoms with Gasteiger partial charge in [0, 0.05) is 43.5 Å². The van der Waals surface area contributed by atoms with Crippen molar-refractivity contribution in [2.24, 2.45) is 13.0 Å². The molecule has 1 aromatic heterocycles. The fourth-order valence-electron chi connectivity index (χ4n) is 4.15. The highest BCUT2D eigenvalue weighted by atomic mass is 16.1. The molecule has 7 nitrogen and oxygen atoms in total. The van der Waals surface area contributed by atoms with Crippen molar-refractivity contribution in [1.29, 1.82) is 5.26 Å². The number of anilines is 4. The van der Waals surface area contributed by atoms with Gasteiger partial charge < -0.3 is 20.5 Å². The molecule has 1 saturated heterocycles. The topological polar surface area (TPSA) is 100.0 Å². The third-order valence-electron chi connectivity index (χ3n) is 6.26. The van der Waals surface area contributed by atoms with Crippen LogP contribution < -0.4 is 21.5 Å². The molecule has 0 radical (unpaired) electrons. The molecule has 3 aromatic rings. The summed E-state index contributed by atoms with van der Waals surface area (Å²) in [5, 5.41) is 12.3. The zero-order valence-electron chi connectivity index (χ0n) is 18.7. The van der Waals surface area contributed by atoms with Crippen LogP contribution >= 0.6 is 0 Å². The Morgan fingerprint density at radius 2 is 1.94 bits per heavy atom. The maximum absolute atomic E-state index is 12.7. The van der Waals surface area contributed by atoms with Gasteiger partial charge in [-0.3, -0.25) is 4.79 Å². The number of hydrogen-bond acceptors (Lipinski definition) is 6. The van der Waals surface area contributed by atoms with Crippen LogP contribution in [0.5, 0.6) is 0 Å². The van der Waals surface area contributed by atoms with Gasteiger partial charge in [-0.05, 0) is 56.0 Å². The third-order valence-corrected chi connectivity index (χ3v) is 6.26. The Bertz CT molecular complexity index is 1250. The van der Waals surface area contributed by atoms with Crippen LogP contribution in [0.3, 0.4) is 0 Å². The van der Waals surface area contributed by atoms with E-state index in [-0.39, 0.29) is 17.3 Å². The van der Waals surface area contributed by atoms with E-state index in [1.807, 2.05) is 30.3 Å². The Morgan fingerprint density at radius 3 is 2.62 bits per heavy atom. The minimum absolute atomic E-state index is 0.125. The molecule has 164 valence electrons. The minimum Gasteiger partial charge on any atom is -0.397 e. The van der Waals surface area contributed by atoms with E-state index in [0.717, 1.165) is 48.4 Å². The van der Waals surface area contributed by atoms with E-state index in [9.17, 15) is 4.79 Å². The van der Waals surface area contributed by atoms with Gasteiger partial charge in [0.25, 0.3) is 5.56 Å². The number of aryl methyl sites for hydroxylation is 2. The lowest BCUT2D eigenvalue weighted by Crippen LogP contribution is -2.33. The molecule has 0 bridgehead atoms. The highest BCUT2D eigenvalue weighted by Crippen LogP contribution is 2.31. The molecule has 0 unspecified atom stereocenters. The molecule has 3 N–H and O–H groups in total. The molecule has 1 fully saturated rings. The predicted octanol–water partition coefficient (Wildman–Crippen LogP) is 4.13. The normalized spacial score (nSPS) is 14.2. The molecule has 2 aromatic carbocycles. The van der Waals surface area contributed by atoms with Crippen molar-refractivity contribution < 1.29 is 0 Å². The van der Waals surface area contributed by atoms with Crippen molar-refractivity contribution in [2.45, 2.75) is 26.7 Å². The van der Waals surface area contributed by atoms with Gasteiger partial charge in [0.1, 0.15) is 0 Å². The van der Waals surface area contributed by atoms with Gasteiger partial charge in [0.2, 0.25) is 0 Å². The Kier molecular flexibility index (Phi) is 5.87. The van der Waals surface area contributed by atoms with E-state index >= 15 is 0 Å². The Morgan fingerprint density at radius 1 is 1.19 bits per heavy atom. The molecule has 1 aliphatic heterocycles. The lowest BCUT2D eigenvalue weighted by Gasteiger charge is -2.32. The van der Waals surface area contributed by atoms with Crippen LogP contribution in [0.1, 0.15) is 24.0 Å². The molecule has 4 rings (SSSR count).